The zero-order valence-electron chi connectivity index (χ0n) is 18.9. The molecule has 1 aliphatic heterocycles. The normalized spacial score (nSPS) is 33.6. The number of fused-ring (bicyclic) bond motifs is 1. The molecule has 5 unspecified atom stereocenters. The minimum Gasteiger partial charge on any atom is -0.387 e. The Kier molecular flexibility index (Phi) is 5.36. The fraction of sp³-hybridized carbons (Fsp3) is 0.625. The van der Waals surface area contributed by atoms with Gasteiger partial charge in [-0.1, -0.05) is 45.0 Å². The molecule has 4 N–H and O–H groups in total. The number of nitrogens with one attached hydrogen (secondary N) is 1. The van der Waals surface area contributed by atoms with Crippen molar-refractivity contribution >= 4 is 17.8 Å². The number of aliphatic hydroxyl groups is 1. The highest BCUT2D eigenvalue weighted by Crippen LogP contribution is 2.48. The van der Waals surface area contributed by atoms with E-state index in [-0.39, 0.29) is 35.5 Å². The van der Waals surface area contributed by atoms with Crippen molar-refractivity contribution in [1.82, 2.24) is 10.2 Å². The number of nitrogens with zero attached hydrogens (tertiary/aromatic N) is 2. The van der Waals surface area contributed by atoms with E-state index in [1.165, 1.54) is 0 Å². The van der Waals surface area contributed by atoms with E-state index in [9.17, 15) is 14.7 Å². The molecule has 1 fully saturated rings. The number of hydrogen-bond acceptors (Lipinski definition) is 5. The zero-order valence-corrected chi connectivity index (χ0v) is 18.9. The van der Waals surface area contributed by atoms with Crippen molar-refractivity contribution in [2.75, 3.05) is 6.54 Å². The Balaban J connectivity index is 1.44. The van der Waals surface area contributed by atoms with Gasteiger partial charge in [-0.15, -0.1) is 0 Å². The van der Waals surface area contributed by atoms with Gasteiger partial charge in [0.25, 0.3) is 0 Å². The van der Waals surface area contributed by atoms with Crippen LogP contribution >= 0.6 is 0 Å². The van der Waals surface area contributed by atoms with Gasteiger partial charge in [-0.3, -0.25) is 14.5 Å². The molecule has 1 saturated carbocycles. The zero-order chi connectivity index (χ0) is 22.6. The quantitative estimate of drug-likeness (QED) is 0.648. The van der Waals surface area contributed by atoms with E-state index >= 15 is 0 Å². The topological polar surface area (TPSA) is 108 Å². The van der Waals surface area contributed by atoms with Crippen LogP contribution in [0.3, 0.4) is 0 Å². The third-order valence-electron chi connectivity index (χ3n) is 7.81. The summed E-state index contributed by atoms with van der Waals surface area (Å²) in [5, 5.41) is 14.0. The van der Waals surface area contributed by atoms with Crippen LogP contribution in [-0.4, -0.2) is 45.5 Å². The molecule has 168 valence electrons. The molecular formula is C24H34N4O3. The maximum Gasteiger partial charge on any atom is 0.231 e. The molecule has 7 heteroatoms. The molecule has 0 radical (unpaired) electrons. The van der Waals surface area contributed by atoms with E-state index in [2.05, 4.69) is 10.3 Å². The molecule has 1 aromatic carbocycles. The highest BCUT2D eigenvalue weighted by molar-refractivity contribution is 5.99. The first-order valence-corrected chi connectivity index (χ1v) is 11.4. The van der Waals surface area contributed by atoms with Crippen molar-refractivity contribution in [3.8, 4) is 0 Å². The Hall–Kier alpha value is -2.41. The van der Waals surface area contributed by atoms with Gasteiger partial charge in [-0.2, -0.15) is 0 Å². The number of nitrogens with two attached hydrogens (primary N) is 1. The van der Waals surface area contributed by atoms with Crippen molar-refractivity contribution in [1.29, 1.82) is 0 Å². The van der Waals surface area contributed by atoms with Gasteiger partial charge < -0.3 is 16.2 Å². The van der Waals surface area contributed by atoms with Gasteiger partial charge in [0.1, 0.15) is 0 Å². The maximum absolute atomic E-state index is 13.1. The summed E-state index contributed by atoms with van der Waals surface area (Å²) >= 11 is 0. The second-order valence-corrected chi connectivity index (χ2v) is 9.81. The molecule has 4 rings (SSSR count). The van der Waals surface area contributed by atoms with E-state index < -0.39 is 17.2 Å². The predicted molar refractivity (Wildman–Crippen MR) is 119 cm³/mol. The van der Waals surface area contributed by atoms with Crippen LogP contribution in [0.2, 0.25) is 0 Å². The number of aliphatic imine (C=N–C) groups is 1. The Bertz CT molecular complexity index is 921. The number of carbonyl (C=O) groups excluding carboxylic acids is 2. The Morgan fingerprint density at radius 2 is 1.97 bits per heavy atom. The smallest absolute Gasteiger partial charge is 0.231 e. The van der Waals surface area contributed by atoms with Crippen LogP contribution in [-0.2, 0) is 16.0 Å². The minimum atomic E-state index is -1.02. The molecule has 0 saturated heterocycles. The molecule has 2 aliphatic carbocycles. The van der Waals surface area contributed by atoms with Gasteiger partial charge in [0.2, 0.25) is 11.8 Å². The number of amides is 2. The molecule has 0 aromatic heterocycles. The highest BCUT2D eigenvalue weighted by Gasteiger charge is 2.55. The molecule has 2 amide bonds. The van der Waals surface area contributed by atoms with E-state index in [1.54, 1.807) is 11.8 Å². The molecule has 3 aliphatic rings. The fourth-order valence-electron chi connectivity index (χ4n) is 5.44. The highest BCUT2D eigenvalue weighted by atomic mass is 16.3. The monoisotopic (exact) mass is 426 g/mol. The van der Waals surface area contributed by atoms with Crippen LogP contribution in [0, 0.1) is 17.8 Å². The number of benzene rings is 1. The SMILES string of the molecule is CCC1(CC)CC(=O)N(CC2C(C)C2C(=O)NC2c3ccccc3CC2(C)O)C(N)=N1. The summed E-state index contributed by atoms with van der Waals surface area (Å²) in [6.07, 6.45) is 2.43. The van der Waals surface area contributed by atoms with Gasteiger partial charge in [-0.25, -0.2) is 4.99 Å². The number of rotatable bonds is 6. The Labute approximate surface area is 184 Å². The summed E-state index contributed by atoms with van der Waals surface area (Å²) in [6.45, 7) is 8.27. The van der Waals surface area contributed by atoms with Crippen molar-refractivity contribution in [3.05, 3.63) is 35.4 Å². The Morgan fingerprint density at radius 3 is 2.61 bits per heavy atom. The third kappa shape index (κ3) is 3.73. The molecule has 5 atom stereocenters. The molecular weight excluding hydrogens is 392 g/mol. The molecule has 31 heavy (non-hydrogen) atoms. The van der Waals surface area contributed by atoms with Gasteiger partial charge >= 0.3 is 0 Å². The van der Waals surface area contributed by atoms with Gasteiger partial charge in [0.05, 0.1) is 23.6 Å². The van der Waals surface area contributed by atoms with Crippen molar-refractivity contribution in [3.63, 3.8) is 0 Å². The number of hydrogen-bond donors (Lipinski definition) is 3. The van der Waals surface area contributed by atoms with Gasteiger partial charge in [-0.05, 0) is 42.7 Å². The lowest BCUT2D eigenvalue weighted by molar-refractivity contribution is -0.130. The molecule has 7 nitrogen and oxygen atoms in total. The Morgan fingerprint density at radius 1 is 1.29 bits per heavy atom. The van der Waals surface area contributed by atoms with E-state index in [1.807, 2.05) is 45.0 Å². The van der Waals surface area contributed by atoms with Gasteiger partial charge in [0, 0.05) is 18.9 Å². The average molecular weight is 427 g/mol. The van der Waals surface area contributed by atoms with Crippen LogP contribution in [0.5, 0.6) is 0 Å². The minimum absolute atomic E-state index is 0.0119. The standard InChI is InChI=1S/C24H34N4O3/c1-5-24(6-2)12-18(29)28(22(25)27-24)13-17-14(3)19(17)21(30)26-20-16-10-8-7-9-15(16)11-23(20,4)31/h7-10,14,17,19-20,31H,5-6,11-13H2,1-4H3,(H2,25,27)(H,26,30). The lowest BCUT2D eigenvalue weighted by Crippen LogP contribution is -2.52. The molecule has 1 aromatic rings. The second-order valence-electron chi connectivity index (χ2n) is 9.81. The van der Waals surface area contributed by atoms with Crippen molar-refractivity contribution in [2.24, 2.45) is 28.5 Å². The summed E-state index contributed by atoms with van der Waals surface area (Å²) in [5.41, 5.74) is 6.81. The van der Waals surface area contributed by atoms with Crippen LogP contribution in [0.25, 0.3) is 0 Å². The van der Waals surface area contributed by atoms with Crippen LogP contribution in [0.4, 0.5) is 0 Å². The molecule has 0 bridgehead atoms. The molecule has 1 heterocycles. The van der Waals surface area contributed by atoms with Gasteiger partial charge in [0.15, 0.2) is 5.96 Å². The third-order valence-corrected chi connectivity index (χ3v) is 7.81. The second kappa shape index (κ2) is 7.62. The lowest BCUT2D eigenvalue weighted by atomic mass is 9.88. The summed E-state index contributed by atoms with van der Waals surface area (Å²) in [5.74, 6) is 0.165. The van der Waals surface area contributed by atoms with Crippen LogP contribution in [0.15, 0.2) is 29.3 Å². The van der Waals surface area contributed by atoms with E-state index in [0.29, 0.717) is 19.4 Å². The maximum atomic E-state index is 13.1. The first kappa shape index (κ1) is 21.8. The van der Waals surface area contributed by atoms with Crippen LogP contribution in [0.1, 0.15) is 64.1 Å². The largest absolute Gasteiger partial charge is 0.387 e. The summed E-state index contributed by atoms with van der Waals surface area (Å²) in [7, 11) is 0. The van der Waals surface area contributed by atoms with E-state index in [0.717, 1.165) is 24.0 Å². The molecule has 0 spiro atoms. The average Bonchev–Trinajstić information content (AvgIpc) is 3.29. The van der Waals surface area contributed by atoms with Crippen molar-refractivity contribution < 1.29 is 14.7 Å². The number of guanidine groups is 1. The first-order chi connectivity index (χ1) is 14.6. The fourth-order valence-corrected chi connectivity index (χ4v) is 5.44. The van der Waals surface area contributed by atoms with Crippen molar-refractivity contribution in [2.45, 2.75) is 70.6 Å². The lowest BCUT2D eigenvalue weighted by Gasteiger charge is -2.36. The first-order valence-electron chi connectivity index (χ1n) is 11.4. The number of carbonyl (C=O) groups is 2. The summed E-state index contributed by atoms with van der Waals surface area (Å²) in [4.78, 5) is 32.1. The van der Waals surface area contributed by atoms with Crippen LogP contribution < -0.4 is 11.1 Å². The predicted octanol–water partition coefficient (Wildman–Crippen LogP) is 2.14. The summed E-state index contributed by atoms with van der Waals surface area (Å²) in [6, 6.07) is 7.41. The summed E-state index contributed by atoms with van der Waals surface area (Å²) < 4.78 is 0. The van der Waals surface area contributed by atoms with E-state index in [4.69, 9.17) is 5.73 Å².